The van der Waals surface area contributed by atoms with Crippen LogP contribution in [0.25, 0.3) is 0 Å². The summed E-state index contributed by atoms with van der Waals surface area (Å²) in [5, 5.41) is 12.5. The van der Waals surface area contributed by atoms with E-state index >= 15 is 0 Å². The molecule has 0 aliphatic heterocycles. The van der Waals surface area contributed by atoms with Crippen molar-refractivity contribution in [3.63, 3.8) is 0 Å². The minimum Gasteiger partial charge on any atom is -0.496 e. The lowest BCUT2D eigenvalue weighted by Gasteiger charge is -2.12. The maximum Gasteiger partial charge on any atom is 0.339 e. The number of carbonyl (C=O) groups is 1. The van der Waals surface area contributed by atoms with Crippen molar-refractivity contribution in [3.05, 3.63) is 23.8 Å². The van der Waals surface area contributed by atoms with Crippen LogP contribution in [0.4, 0.5) is 5.69 Å². The van der Waals surface area contributed by atoms with Crippen molar-refractivity contribution in [2.45, 2.75) is 97.3 Å². The van der Waals surface area contributed by atoms with Crippen LogP contribution in [0.5, 0.6) is 5.75 Å². The van der Waals surface area contributed by atoms with E-state index < -0.39 is 5.97 Å². The number of rotatable bonds is 18. The highest BCUT2D eigenvalue weighted by molar-refractivity contribution is 5.91. The lowest BCUT2D eigenvalue weighted by atomic mass is 9.96. The molecule has 0 aliphatic carbocycles. The first kappa shape index (κ1) is 25.3. The molecular formula is C25H43NO3. The van der Waals surface area contributed by atoms with E-state index in [4.69, 9.17) is 9.84 Å². The van der Waals surface area contributed by atoms with E-state index in [1.165, 1.54) is 84.2 Å². The summed E-state index contributed by atoms with van der Waals surface area (Å²) in [6.45, 7) is 5.58. The third-order valence-electron chi connectivity index (χ3n) is 5.69. The monoisotopic (exact) mass is 405 g/mol. The van der Waals surface area contributed by atoms with Gasteiger partial charge in [-0.3, -0.25) is 0 Å². The molecule has 1 rings (SSSR count). The molecule has 0 radical (unpaired) electrons. The third-order valence-corrected chi connectivity index (χ3v) is 5.69. The molecule has 0 fully saturated rings. The maximum atomic E-state index is 11.1. The van der Waals surface area contributed by atoms with Crippen molar-refractivity contribution < 1.29 is 14.6 Å². The molecular weight excluding hydrogens is 362 g/mol. The first-order valence-electron chi connectivity index (χ1n) is 11.7. The van der Waals surface area contributed by atoms with Crippen LogP contribution in [0.1, 0.15) is 108 Å². The van der Waals surface area contributed by atoms with Gasteiger partial charge in [0.05, 0.1) is 7.11 Å². The highest BCUT2D eigenvalue weighted by Crippen LogP contribution is 2.23. The third kappa shape index (κ3) is 11.8. The average Bonchev–Trinajstić information content (AvgIpc) is 2.72. The highest BCUT2D eigenvalue weighted by atomic mass is 16.5. The minimum absolute atomic E-state index is 0.198. The molecule has 0 aliphatic rings. The zero-order valence-electron chi connectivity index (χ0n) is 19.0. The smallest absolute Gasteiger partial charge is 0.339 e. The van der Waals surface area contributed by atoms with E-state index in [0.717, 1.165) is 24.6 Å². The summed E-state index contributed by atoms with van der Waals surface area (Å²) in [6, 6.07) is 5.16. The second-order valence-electron chi connectivity index (χ2n) is 8.37. The number of aromatic carboxylic acids is 1. The molecule has 0 bridgehead atoms. The summed E-state index contributed by atoms with van der Waals surface area (Å²) >= 11 is 0. The van der Waals surface area contributed by atoms with E-state index in [1.54, 1.807) is 18.2 Å². The number of hydrogen-bond donors (Lipinski definition) is 2. The van der Waals surface area contributed by atoms with Gasteiger partial charge in [0.1, 0.15) is 11.3 Å². The van der Waals surface area contributed by atoms with Crippen molar-refractivity contribution >= 4 is 11.7 Å². The van der Waals surface area contributed by atoms with E-state index in [9.17, 15) is 4.79 Å². The van der Waals surface area contributed by atoms with Gasteiger partial charge in [0.25, 0.3) is 0 Å². The molecule has 1 unspecified atom stereocenters. The molecule has 0 heterocycles. The van der Waals surface area contributed by atoms with Gasteiger partial charge in [0, 0.05) is 18.3 Å². The van der Waals surface area contributed by atoms with Gasteiger partial charge in [-0.2, -0.15) is 0 Å². The van der Waals surface area contributed by atoms with Crippen LogP contribution in [0.3, 0.4) is 0 Å². The number of anilines is 1. The standard InChI is InChI=1S/C25H43NO3/c1-4-5-6-7-8-9-10-12-15-21(2)16-13-11-14-19-26-22-17-18-23(25(27)28)24(20-22)29-3/h17-18,20-21,26H,4-16,19H2,1-3H3,(H,27,28). The van der Waals surface area contributed by atoms with Gasteiger partial charge in [-0.15, -0.1) is 0 Å². The fourth-order valence-electron chi connectivity index (χ4n) is 3.78. The van der Waals surface area contributed by atoms with Crippen molar-refractivity contribution in [1.82, 2.24) is 0 Å². The quantitative estimate of drug-likeness (QED) is 0.248. The molecule has 29 heavy (non-hydrogen) atoms. The summed E-state index contributed by atoms with van der Waals surface area (Å²) in [7, 11) is 1.50. The Morgan fingerprint density at radius 3 is 2.14 bits per heavy atom. The van der Waals surface area contributed by atoms with Gasteiger partial charge in [-0.1, -0.05) is 90.9 Å². The van der Waals surface area contributed by atoms with Crippen molar-refractivity contribution in [1.29, 1.82) is 0 Å². The molecule has 0 amide bonds. The van der Waals surface area contributed by atoms with Crippen LogP contribution in [0.15, 0.2) is 18.2 Å². The second kappa shape index (κ2) is 16.1. The zero-order chi connectivity index (χ0) is 21.3. The molecule has 4 heteroatoms. The van der Waals surface area contributed by atoms with Gasteiger partial charge in [-0.25, -0.2) is 4.79 Å². The SMILES string of the molecule is CCCCCCCCCCC(C)CCCCCNc1ccc(C(=O)O)c(OC)c1. The number of hydrogen-bond acceptors (Lipinski definition) is 3. The normalized spacial score (nSPS) is 12.0. The van der Waals surface area contributed by atoms with Gasteiger partial charge < -0.3 is 15.2 Å². The fourth-order valence-corrected chi connectivity index (χ4v) is 3.78. The first-order valence-corrected chi connectivity index (χ1v) is 11.7. The van der Waals surface area contributed by atoms with Crippen LogP contribution in [-0.2, 0) is 0 Å². The van der Waals surface area contributed by atoms with Crippen LogP contribution >= 0.6 is 0 Å². The Bertz CT molecular complexity index is 559. The first-order chi connectivity index (χ1) is 14.1. The summed E-state index contributed by atoms with van der Waals surface area (Å²) in [5.41, 5.74) is 1.11. The summed E-state index contributed by atoms with van der Waals surface area (Å²) in [5.74, 6) is 0.280. The Kier molecular flexibility index (Phi) is 14.1. The Labute approximate surface area is 178 Å². The van der Waals surface area contributed by atoms with Crippen LogP contribution < -0.4 is 10.1 Å². The molecule has 4 nitrogen and oxygen atoms in total. The van der Waals surface area contributed by atoms with Crippen molar-refractivity contribution in [2.75, 3.05) is 19.0 Å². The number of nitrogens with one attached hydrogen (secondary N) is 1. The predicted molar refractivity (Wildman–Crippen MR) is 123 cm³/mol. The van der Waals surface area contributed by atoms with E-state index in [0.29, 0.717) is 5.75 Å². The molecule has 1 atom stereocenters. The zero-order valence-corrected chi connectivity index (χ0v) is 19.0. The van der Waals surface area contributed by atoms with Crippen LogP contribution in [0, 0.1) is 5.92 Å². The molecule has 0 spiro atoms. The molecule has 166 valence electrons. The number of ether oxygens (including phenoxy) is 1. The fraction of sp³-hybridized carbons (Fsp3) is 0.720. The van der Waals surface area contributed by atoms with Crippen molar-refractivity contribution in [2.24, 2.45) is 5.92 Å². The maximum absolute atomic E-state index is 11.1. The Morgan fingerprint density at radius 2 is 1.55 bits per heavy atom. The highest BCUT2D eigenvalue weighted by Gasteiger charge is 2.11. The molecule has 0 aromatic heterocycles. The molecule has 1 aromatic carbocycles. The molecule has 0 saturated heterocycles. The van der Waals surface area contributed by atoms with Gasteiger partial charge in [0.15, 0.2) is 0 Å². The second-order valence-corrected chi connectivity index (χ2v) is 8.37. The van der Waals surface area contributed by atoms with E-state index in [-0.39, 0.29) is 5.56 Å². The Hall–Kier alpha value is -1.71. The number of carboxylic acids is 1. The molecule has 0 saturated carbocycles. The predicted octanol–water partition coefficient (Wildman–Crippen LogP) is 7.53. The molecule has 2 N–H and O–H groups in total. The topological polar surface area (TPSA) is 58.6 Å². The van der Waals surface area contributed by atoms with E-state index in [1.807, 2.05) is 0 Å². The summed E-state index contributed by atoms with van der Waals surface area (Å²) < 4.78 is 5.17. The van der Waals surface area contributed by atoms with Gasteiger partial charge in [-0.05, 0) is 24.5 Å². The largest absolute Gasteiger partial charge is 0.496 e. The Morgan fingerprint density at radius 1 is 0.966 bits per heavy atom. The Balaban J connectivity index is 2.03. The summed E-state index contributed by atoms with van der Waals surface area (Å²) in [4.78, 5) is 11.1. The van der Waals surface area contributed by atoms with Crippen molar-refractivity contribution in [3.8, 4) is 5.75 Å². The van der Waals surface area contributed by atoms with Crippen LogP contribution in [-0.4, -0.2) is 24.7 Å². The number of methoxy groups -OCH3 is 1. The van der Waals surface area contributed by atoms with Gasteiger partial charge in [0.2, 0.25) is 0 Å². The van der Waals surface area contributed by atoms with Crippen LogP contribution in [0.2, 0.25) is 0 Å². The van der Waals surface area contributed by atoms with Gasteiger partial charge >= 0.3 is 5.97 Å². The van der Waals surface area contributed by atoms with E-state index in [2.05, 4.69) is 19.2 Å². The number of benzene rings is 1. The number of carboxylic acid groups (broad SMARTS) is 1. The minimum atomic E-state index is -0.963. The molecule has 1 aromatic rings. The average molecular weight is 406 g/mol. The summed E-state index contributed by atoms with van der Waals surface area (Å²) in [6.07, 6.45) is 17.6. The number of unbranched alkanes of at least 4 members (excludes halogenated alkanes) is 9. The lowest BCUT2D eigenvalue weighted by Crippen LogP contribution is -2.05. The lowest BCUT2D eigenvalue weighted by molar-refractivity contribution is 0.0693.